The van der Waals surface area contributed by atoms with E-state index in [2.05, 4.69) is 37.1 Å². The molecular weight excluding hydrogens is 515 g/mol. The largest absolute Gasteiger partial charge is 0.361 e. The number of nitrogens with one attached hydrogen (secondary N) is 3. The van der Waals surface area contributed by atoms with Crippen molar-refractivity contribution < 1.29 is 18.7 Å². The topological polar surface area (TPSA) is 130 Å². The standard InChI is InChI=1S/C28H33FN8O3/c1-3-10-31-26(38)28(2)16-39-25(40-17-28)24-35-22(19-5-7-20(29)8-6-19)23(36-24)21-9-12-33-27(34-21)32-11-4-14-37-15-13-30-18-37/h3,5-9,12,18,25H,1,4,10-11,13-17H2,2H3,(H,31,38)(H,35,36)(H,32,33,34). The average Bonchev–Trinajstić information content (AvgIpc) is 3.66. The van der Waals surface area contributed by atoms with Crippen molar-refractivity contribution in [3.8, 4) is 22.6 Å². The molecule has 2 aliphatic rings. The van der Waals surface area contributed by atoms with Crippen molar-refractivity contribution in [3.05, 3.63) is 60.8 Å². The van der Waals surface area contributed by atoms with Gasteiger partial charge in [-0.15, -0.1) is 6.58 Å². The van der Waals surface area contributed by atoms with Gasteiger partial charge in [-0.25, -0.2) is 19.3 Å². The Labute approximate surface area is 231 Å². The van der Waals surface area contributed by atoms with Crippen LogP contribution in [0.1, 0.15) is 25.5 Å². The highest BCUT2D eigenvalue weighted by Gasteiger charge is 2.40. The minimum absolute atomic E-state index is 0.146. The maximum absolute atomic E-state index is 13.7. The lowest BCUT2D eigenvalue weighted by Gasteiger charge is -2.35. The van der Waals surface area contributed by atoms with E-state index in [0.717, 1.165) is 26.1 Å². The SMILES string of the molecule is C=CCNC(=O)C1(C)COC(c2nc(-c3ccc(F)cc3)c(-c3ccnc(NCCCN4C=NCC4)n3)[nH]2)OC1. The molecule has 0 unspecified atom stereocenters. The molecule has 12 heteroatoms. The molecule has 1 fully saturated rings. The van der Waals surface area contributed by atoms with Crippen LogP contribution in [-0.4, -0.2) is 83.0 Å². The minimum atomic E-state index is -0.844. The Hall–Kier alpha value is -4.16. The molecule has 1 saturated heterocycles. The van der Waals surface area contributed by atoms with Crippen LogP contribution in [0.25, 0.3) is 22.6 Å². The minimum Gasteiger partial charge on any atom is -0.361 e. The quantitative estimate of drug-likeness (QED) is 0.246. The highest BCUT2D eigenvalue weighted by Crippen LogP contribution is 2.35. The van der Waals surface area contributed by atoms with Crippen LogP contribution in [0.4, 0.5) is 10.3 Å². The van der Waals surface area contributed by atoms with E-state index in [0.29, 0.717) is 47.5 Å². The van der Waals surface area contributed by atoms with Gasteiger partial charge in [0.2, 0.25) is 18.1 Å². The lowest BCUT2D eigenvalue weighted by atomic mass is 9.91. The maximum atomic E-state index is 13.7. The Morgan fingerprint density at radius 1 is 1.25 bits per heavy atom. The molecular formula is C28H33FN8O3. The van der Waals surface area contributed by atoms with E-state index in [-0.39, 0.29) is 24.9 Å². The van der Waals surface area contributed by atoms with Crippen LogP contribution >= 0.6 is 0 Å². The van der Waals surface area contributed by atoms with Gasteiger partial charge in [-0.05, 0) is 43.7 Å². The number of aromatic nitrogens is 4. The number of ether oxygens (including phenoxy) is 2. The Bertz CT molecular complexity index is 1350. The molecule has 40 heavy (non-hydrogen) atoms. The molecule has 0 aliphatic carbocycles. The number of anilines is 1. The first-order valence-electron chi connectivity index (χ1n) is 13.2. The van der Waals surface area contributed by atoms with Gasteiger partial charge >= 0.3 is 0 Å². The third-order valence-electron chi connectivity index (χ3n) is 6.70. The van der Waals surface area contributed by atoms with Gasteiger partial charge in [-0.3, -0.25) is 9.79 Å². The van der Waals surface area contributed by atoms with Crippen molar-refractivity contribution >= 4 is 18.2 Å². The highest BCUT2D eigenvalue weighted by atomic mass is 19.1. The normalized spacial score (nSPS) is 20.4. The first-order valence-corrected chi connectivity index (χ1v) is 13.2. The molecule has 2 aliphatic heterocycles. The summed E-state index contributed by atoms with van der Waals surface area (Å²) in [6.07, 6.45) is 5.28. The molecule has 4 heterocycles. The molecule has 5 rings (SSSR count). The van der Waals surface area contributed by atoms with Crippen LogP contribution in [-0.2, 0) is 14.3 Å². The van der Waals surface area contributed by atoms with Crippen LogP contribution in [0.3, 0.4) is 0 Å². The molecule has 2 aromatic heterocycles. The zero-order valence-electron chi connectivity index (χ0n) is 22.4. The Morgan fingerprint density at radius 2 is 2.05 bits per heavy atom. The fourth-order valence-electron chi connectivity index (χ4n) is 4.43. The number of imidazole rings is 1. The van der Waals surface area contributed by atoms with Crippen molar-refractivity contribution in [1.82, 2.24) is 30.2 Å². The maximum Gasteiger partial charge on any atom is 0.230 e. The fraction of sp³-hybridized carbons (Fsp3) is 0.393. The number of carbonyl (C=O) groups is 1. The summed E-state index contributed by atoms with van der Waals surface area (Å²) in [6, 6.07) is 7.85. The van der Waals surface area contributed by atoms with E-state index in [1.165, 1.54) is 12.1 Å². The van der Waals surface area contributed by atoms with Crippen LogP contribution in [0.15, 0.2) is 54.2 Å². The smallest absolute Gasteiger partial charge is 0.230 e. The van der Waals surface area contributed by atoms with Gasteiger partial charge in [0, 0.05) is 37.9 Å². The molecule has 210 valence electrons. The van der Waals surface area contributed by atoms with Gasteiger partial charge in [0.1, 0.15) is 5.82 Å². The second-order valence-corrected chi connectivity index (χ2v) is 9.97. The molecule has 1 aromatic carbocycles. The van der Waals surface area contributed by atoms with Crippen LogP contribution < -0.4 is 10.6 Å². The molecule has 3 aromatic rings. The molecule has 0 saturated carbocycles. The monoisotopic (exact) mass is 548 g/mol. The van der Waals surface area contributed by atoms with Crippen LogP contribution in [0.2, 0.25) is 0 Å². The number of aliphatic imine (C=N–C) groups is 1. The third-order valence-corrected chi connectivity index (χ3v) is 6.70. The zero-order valence-corrected chi connectivity index (χ0v) is 22.4. The molecule has 3 N–H and O–H groups in total. The van der Waals surface area contributed by atoms with Crippen molar-refractivity contribution in [2.45, 2.75) is 19.6 Å². The van der Waals surface area contributed by atoms with E-state index in [4.69, 9.17) is 19.4 Å². The zero-order chi connectivity index (χ0) is 28.0. The van der Waals surface area contributed by atoms with Crippen LogP contribution in [0.5, 0.6) is 0 Å². The summed E-state index contributed by atoms with van der Waals surface area (Å²) in [5, 5.41) is 6.08. The lowest BCUT2D eigenvalue weighted by Crippen LogP contribution is -2.48. The summed E-state index contributed by atoms with van der Waals surface area (Å²) in [4.78, 5) is 36.1. The first kappa shape index (κ1) is 27.4. The number of halogens is 1. The summed E-state index contributed by atoms with van der Waals surface area (Å²) >= 11 is 0. The van der Waals surface area contributed by atoms with Crippen molar-refractivity contribution in [2.24, 2.45) is 10.4 Å². The number of nitrogens with zero attached hydrogens (tertiary/aromatic N) is 5. The van der Waals surface area contributed by atoms with Gasteiger partial charge in [-0.1, -0.05) is 6.08 Å². The number of hydrogen-bond acceptors (Lipinski definition) is 9. The summed E-state index contributed by atoms with van der Waals surface area (Å²) in [7, 11) is 0. The molecule has 0 spiro atoms. The average molecular weight is 549 g/mol. The van der Waals surface area contributed by atoms with Gasteiger partial charge in [0.05, 0.1) is 48.6 Å². The molecule has 0 atom stereocenters. The van der Waals surface area contributed by atoms with Gasteiger partial charge in [0.25, 0.3) is 0 Å². The number of carbonyl (C=O) groups excluding carboxylic acids is 1. The van der Waals surface area contributed by atoms with Gasteiger partial charge < -0.3 is 30.0 Å². The third kappa shape index (κ3) is 6.35. The fourth-order valence-corrected chi connectivity index (χ4v) is 4.43. The number of aromatic amines is 1. The van der Waals surface area contributed by atoms with E-state index >= 15 is 0 Å². The van der Waals surface area contributed by atoms with Crippen LogP contribution in [0, 0.1) is 11.2 Å². The number of H-pyrrole nitrogens is 1. The Balaban J connectivity index is 1.34. The van der Waals surface area contributed by atoms with E-state index in [9.17, 15) is 9.18 Å². The Morgan fingerprint density at radius 3 is 2.77 bits per heavy atom. The number of rotatable bonds is 11. The number of amides is 1. The summed E-state index contributed by atoms with van der Waals surface area (Å²) in [6.45, 7) is 9.49. The van der Waals surface area contributed by atoms with E-state index < -0.39 is 11.7 Å². The van der Waals surface area contributed by atoms with Gasteiger partial charge in [0.15, 0.2) is 5.82 Å². The van der Waals surface area contributed by atoms with E-state index in [1.54, 1.807) is 37.4 Å². The summed E-state index contributed by atoms with van der Waals surface area (Å²) < 4.78 is 25.6. The van der Waals surface area contributed by atoms with Crippen molar-refractivity contribution in [1.29, 1.82) is 0 Å². The molecule has 11 nitrogen and oxygen atoms in total. The van der Waals surface area contributed by atoms with Gasteiger partial charge in [-0.2, -0.15) is 0 Å². The van der Waals surface area contributed by atoms with E-state index in [1.807, 2.05) is 6.34 Å². The second kappa shape index (κ2) is 12.3. The van der Waals surface area contributed by atoms with Crippen molar-refractivity contribution in [3.63, 3.8) is 0 Å². The molecule has 0 radical (unpaired) electrons. The highest BCUT2D eigenvalue weighted by molar-refractivity contribution is 5.82. The summed E-state index contributed by atoms with van der Waals surface area (Å²) in [5.74, 6) is 0.388. The predicted octanol–water partition coefficient (Wildman–Crippen LogP) is 3.17. The summed E-state index contributed by atoms with van der Waals surface area (Å²) in [5.41, 5.74) is 1.64. The first-order chi connectivity index (χ1) is 19.4. The number of hydrogen-bond donors (Lipinski definition) is 3. The molecule has 1 amide bonds. The lowest BCUT2D eigenvalue weighted by molar-refractivity contribution is -0.230. The molecule has 0 bridgehead atoms. The van der Waals surface area contributed by atoms with Crippen molar-refractivity contribution in [2.75, 3.05) is 51.3 Å². The number of benzene rings is 1. The predicted molar refractivity (Wildman–Crippen MR) is 149 cm³/mol. The second-order valence-electron chi connectivity index (χ2n) is 9.97. The Kier molecular flexibility index (Phi) is 8.46.